The molecule has 4 atom stereocenters. The van der Waals surface area contributed by atoms with Crippen LogP contribution in [0, 0.1) is 11.8 Å². The Morgan fingerprint density at radius 1 is 1.06 bits per heavy atom. The van der Waals surface area contributed by atoms with Crippen LogP contribution in [0.15, 0.2) is 12.1 Å². The van der Waals surface area contributed by atoms with Gasteiger partial charge in [-0.05, 0) is 43.2 Å². The van der Waals surface area contributed by atoms with Crippen LogP contribution in [0.25, 0.3) is 5.32 Å². The van der Waals surface area contributed by atoms with Crippen molar-refractivity contribution in [2.45, 2.75) is 76.9 Å². The Labute approximate surface area is 217 Å². The van der Waals surface area contributed by atoms with E-state index in [0.717, 1.165) is 36.8 Å². The van der Waals surface area contributed by atoms with E-state index in [-0.39, 0.29) is 47.2 Å². The summed E-state index contributed by atoms with van der Waals surface area (Å²) < 4.78 is 23.3. The molecule has 0 spiro atoms. The molecule has 1 aromatic rings. The van der Waals surface area contributed by atoms with Gasteiger partial charge in [0.25, 0.3) is 0 Å². The van der Waals surface area contributed by atoms with E-state index in [1.165, 1.54) is 36.8 Å². The van der Waals surface area contributed by atoms with Crippen molar-refractivity contribution in [1.29, 1.82) is 0 Å². The van der Waals surface area contributed by atoms with Gasteiger partial charge in [-0.2, -0.15) is 7.05 Å². The third kappa shape index (κ3) is 5.67. The maximum absolute atomic E-state index is 6.48. The molecule has 0 bridgehead atoms. The minimum absolute atomic E-state index is 0. The van der Waals surface area contributed by atoms with E-state index in [9.17, 15) is 0 Å². The monoisotopic (exact) mass is 455 g/mol. The molecule has 32 heavy (non-hydrogen) atoms. The zero-order chi connectivity index (χ0) is 22.4. The molecule has 5 rings (SSSR count). The molecular formula is C26H42NNaO4. The third-order valence-corrected chi connectivity index (χ3v) is 7.31. The number of methoxy groups -OCH3 is 2. The van der Waals surface area contributed by atoms with E-state index < -0.39 is 0 Å². The van der Waals surface area contributed by atoms with Gasteiger partial charge >= 0.3 is 29.6 Å². The number of aryl methyl sites for hydroxylation is 1. The quantitative estimate of drug-likeness (QED) is 0.468. The normalized spacial score (nSPS) is 28.6. The van der Waals surface area contributed by atoms with Gasteiger partial charge in [0, 0.05) is 18.1 Å². The number of rotatable bonds is 7. The van der Waals surface area contributed by atoms with Crippen LogP contribution in [-0.4, -0.2) is 53.2 Å². The smallest absolute Gasteiger partial charge is 0.665 e. The molecule has 2 saturated carbocycles. The van der Waals surface area contributed by atoms with Crippen LogP contribution in [0.2, 0.25) is 0 Å². The molecule has 0 N–H and O–H groups in total. The summed E-state index contributed by atoms with van der Waals surface area (Å²) in [5.41, 5.74) is 2.87. The molecule has 3 aliphatic carbocycles. The summed E-state index contributed by atoms with van der Waals surface area (Å²) in [6, 6.07) is 4.27. The van der Waals surface area contributed by atoms with Crippen LogP contribution in [-0.2, 0) is 21.3 Å². The third-order valence-electron chi connectivity index (χ3n) is 7.31. The molecule has 0 saturated heterocycles. The molecular weight excluding hydrogens is 413 g/mol. The number of benzene rings is 1. The van der Waals surface area contributed by atoms with Gasteiger partial charge in [-0.15, -0.1) is 6.54 Å². The van der Waals surface area contributed by atoms with E-state index >= 15 is 0 Å². The van der Waals surface area contributed by atoms with Gasteiger partial charge in [0.1, 0.15) is 6.10 Å². The molecule has 4 aliphatic rings. The first-order chi connectivity index (χ1) is 15.1. The van der Waals surface area contributed by atoms with Gasteiger partial charge in [0.2, 0.25) is 0 Å². The van der Waals surface area contributed by atoms with Crippen molar-refractivity contribution in [3.8, 4) is 11.5 Å². The summed E-state index contributed by atoms with van der Waals surface area (Å²) >= 11 is 0. The molecule has 176 valence electrons. The maximum atomic E-state index is 6.48. The first kappa shape index (κ1) is 27.9. The van der Waals surface area contributed by atoms with Crippen molar-refractivity contribution in [2.75, 3.05) is 41.0 Å². The molecule has 0 aromatic heterocycles. The zero-order valence-corrected chi connectivity index (χ0v) is 23.4. The van der Waals surface area contributed by atoms with Crippen molar-refractivity contribution in [2.24, 2.45) is 11.8 Å². The Morgan fingerprint density at radius 3 is 2.41 bits per heavy atom. The summed E-state index contributed by atoms with van der Waals surface area (Å²) in [6.07, 6.45) is 7.76. The van der Waals surface area contributed by atoms with Crippen LogP contribution in [0.5, 0.6) is 11.5 Å². The predicted molar refractivity (Wildman–Crippen MR) is 126 cm³/mol. The Balaban J connectivity index is 0.000000347. The van der Waals surface area contributed by atoms with E-state index in [2.05, 4.69) is 24.4 Å². The maximum Gasteiger partial charge on any atom is 1.00 e. The van der Waals surface area contributed by atoms with Crippen molar-refractivity contribution in [3.05, 3.63) is 28.6 Å². The summed E-state index contributed by atoms with van der Waals surface area (Å²) in [6.45, 7) is 8.75. The SMILES string of the molecule is CC.COCCOC1CCC2CCc3ccc(OC)c4c3C2(C)C1O4.C[N-]CC1CC1.[Na+]. The van der Waals surface area contributed by atoms with Crippen molar-refractivity contribution in [1.82, 2.24) is 0 Å². The minimum Gasteiger partial charge on any atom is -0.665 e. The van der Waals surface area contributed by atoms with Crippen LogP contribution >= 0.6 is 0 Å². The van der Waals surface area contributed by atoms with Gasteiger partial charge in [-0.1, -0.05) is 45.6 Å². The fourth-order valence-corrected chi connectivity index (χ4v) is 5.57. The molecule has 5 nitrogen and oxygen atoms in total. The average molecular weight is 456 g/mol. The molecule has 0 amide bonds. The first-order valence-corrected chi connectivity index (χ1v) is 12.2. The second kappa shape index (κ2) is 13.0. The van der Waals surface area contributed by atoms with Crippen molar-refractivity contribution in [3.63, 3.8) is 0 Å². The molecule has 1 aliphatic heterocycles. The van der Waals surface area contributed by atoms with Crippen LogP contribution in [0.1, 0.15) is 64.0 Å². The first-order valence-electron chi connectivity index (χ1n) is 12.2. The number of hydrogen-bond donors (Lipinski definition) is 0. The van der Waals surface area contributed by atoms with Gasteiger partial charge < -0.3 is 24.3 Å². The fourth-order valence-electron chi connectivity index (χ4n) is 5.57. The molecule has 1 aromatic carbocycles. The summed E-state index contributed by atoms with van der Waals surface area (Å²) in [5.74, 6) is 3.48. The molecule has 1 heterocycles. The summed E-state index contributed by atoms with van der Waals surface area (Å²) in [7, 11) is 5.32. The second-order valence-electron chi connectivity index (χ2n) is 9.11. The van der Waals surface area contributed by atoms with Crippen molar-refractivity contribution < 1.29 is 48.5 Å². The van der Waals surface area contributed by atoms with Crippen LogP contribution in [0.3, 0.4) is 0 Å². The second-order valence-corrected chi connectivity index (χ2v) is 9.11. The van der Waals surface area contributed by atoms with E-state index in [0.29, 0.717) is 19.1 Å². The zero-order valence-electron chi connectivity index (χ0n) is 21.4. The molecule has 4 unspecified atom stereocenters. The topological polar surface area (TPSA) is 51.0 Å². The van der Waals surface area contributed by atoms with Gasteiger partial charge in [0.05, 0.1) is 26.4 Å². The summed E-state index contributed by atoms with van der Waals surface area (Å²) in [4.78, 5) is 0. The number of nitrogens with zero attached hydrogens (tertiary/aromatic N) is 1. The number of ether oxygens (including phenoxy) is 4. The standard InChI is InChI=1S/C19H26O4.C5H10N.C2H6.Na/c1-19-13-6-4-12-5-8-14(21-3)17(16(12)19)23-18(19)15(9-7-13)22-11-10-20-2;1-6-4-5-2-3-5;1-2;/h5,8,13,15,18H,4,6-7,9-11H2,1-3H3;5H,2-4H2,1H3;1-2H3;/q;-1;;+1. The Bertz CT molecular complexity index is 711. The molecule has 6 heteroatoms. The largest absolute Gasteiger partial charge is 1.00 e. The van der Waals surface area contributed by atoms with Gasteiger partial charge in [0.15, 0.2) is 11.5 Å². The van der Waals surface area contributed by atoms with E-state index in [1.54, 1.807) is 14.2 Å². The molecule has 2 fully saturated rings. The fraction of sp³-hybridized carbons (Fsp3) is 0.769. The minimum atomic E-state index is 0. The Morgan fingerprint density at radius 2 is 1.81 bits per heavy atom. The Hall–Kier alpha value is -0.300. The molecule has 0 radical (unpaired) electrons. The predicted octanol–water partition coefficient (Wildman–Crippen LogP) is 2.53. The van der Waals surface area contributed by atoms with E-state index in [4.69, 9.17) is 18.9 Å². The van der Waals surface area contributed by atoms with Gasteiger partial charge in [-0.25, -0.2) is 0 Å². The average Bonchev–Trinajstić information content (AvgIpc) is 3.55. The van der Waals surface area contributed by atoms with Crippen LogP contribution in [0.4, 0.5) is 0 Å². The van der Waals surface area contributed by atoms with Crippen molar-refractivity contribution >= 4 is 0 Å². The summed E-state index contributed by atoms with van der Waals surface area (Å²) in [5, 5.41) is 4.00. The van der Waals surface area contributed by atoms with Crippen LogP contribution < -0.4 is 39.0 Å². The number of hydrogen-bond acceptors (Lipinski definition) is 4. The van der Waals surface area contributed by atoms with Gasteiger partial charge in [-0.3, -0.25) is 0 Å². The Kier molecular flexibility index (Phi) is 11.3. The van der Waals surface area contributed by atoms with E-state index in [1.807, 2.05) is 20.9 Å².